The molecular weight excluding hydrogens is 166 g/mol. The average molecular weight is 181 g/mol. The van der Waals surface area contributed by atoms with Crippen molar-refractivity contribution in [2.24, 2.45) is 0 Å². The van der Waals surface area contributed by atoms with Crippen LogP contribution in [0.15, 0.2) is 0 Å². The lowest BCUT2D eigenvalue weighted by Crippen LogP contribution is -2.04. The molecule has 1 heterocycles. The van der Waals surface area contributed by atoms with Gasteiger partial charge in [0, 0.05) is 13.5 Å². The lowest BCUT2D eigenvalue weighted by Gasteiger charge is -2.10. The number of anilines is 1. The third-order valence-electron chi connectivity index (χ3n) is 1.84. The molecule has 0 saturated carbocycles. The average Bonchev–Trinajstić information content (AvgIpc) is 2.16. The summed E-state index contributed by atoms with van der Waals surface area (Å²) in [5, 5.41) is 2.99. The van der Waals surface area contributed by atoms with Crippen LogP contribution in [0.3, 0.4) is 0 Å². The number of hydrogen-bond acceptors (Lipinski definition) is 4. The summed E-state index contributed by atoms with van der Waals surface area (Å²) < 4.78 is 5.18. The zero-order valence-electron chi connectivity index (χ0n) is 8.51. The lowest BCUT2D eigenvalue weighted by molar-refractivity contribution is 0.408. The molecule has 4 heteroatoms. The summed E-state index contributed by atoms with van der Waals surface area (Å²) in [5.41, 5.74) is 0.874. The third kappa shape index (κ3) is 1.88. The standard InChI is InChI=1S/C9H15N3O/c1-5-7-11-6(2)8(13-4)9(10-3)12-7/h5H2,1-4H3,(H,10,11,12). The number of rotatable bonds is 3. The van der Waals surface area contributed by atoms with E-state index in [1.54, 1.807) is 7.11 Å². The molecule has 0 atom stereocenters. The summed E-state index contributed by atoms with van der Waals surface area (Å²) in [6.45, 7) is 3.95. The summed E-state index contributed by atoms with van der Waals surface area (Å²) in [6, 6.07) is 0. The second kappa shape index (κ2) is 4.07. The molecule has 0 amide bonds. The first kappa shape index (κ1) is 9.77. The summed E-state index contributed by atoms with van der Waals surface area (Å²) in [5.74, 6) is 2.31. The van der Waals surface area contributed by atoms with E-state index in [0.29, 0.717) is 0 Å². The van der Waals surface area contributed by atoms with Gasteiger partial charge in [-0.1, -0.05) is 6.92 Å². The van der Waals surface area contributed by atoms with Gasteiger partial charge in [0.2, 0.25) is 0 Å². The Balaban J connectivity index is 3.20. The molecule has 0 spiro atoms. The minimum atomic E-state index is 0.722. The van der Waals surface area contributed by atoms with Gasteiger partial charge in [-0.05, 0) is 6.92 Å². The number of methoxy groups -OCH3 is 1. The summed E-state index contributed by atoms with van der Waals surface area (Å²) >= 11 is 0. The number of nitrogens with one attached hydrogen (secondary N) is 1. The van der Waals surface area contributed by atoms with E-state index >= 15 is 0 Å². The molecular formula is C9H15N3O. The van der Waals surface area contributed by atoms with Crippen LogP contribution in [-0.4, -0.2) is 24.1 Å². The molecule has 0 aliphatic carbocycles. The summed E-state index contributed by atoms with van der Waals surface area (Å²) in [6.07, 6.45) is 0.833. The predicted molar refractivity (Wildman–Crippen MR) is 52.2 cm³/mol. The molecule has 1 N–H and O–H groups in total. The first-order valence-electron chi connectivity index (χ1n) is 4.32. The first-order valence-corrected chi connectivity index (χ1v) is 4.32. The molecule has 0 aliphatic heterocycles. The van der Waals surface area contributed by atoms with Gasteiger partial charge in [0.1, 0.15) is 5.82 Å². The van der Waals surface area contributed by atoms with Crippen molar-refractivity contribution in [1.29, 1.82) is 0 Å². The van der Waals surface area contributed by atoms with Crippen LogP contribution in [0.25, 0.3) is 0 Å². The van der Waals surface area contributed by atoms with Crippen LogP contribution in [0.4, 0.5) is 5.82 Å². The van der Waals surface area contributed by atoms with E-state index < -0.39 is 0 Å². The number of aryl methyl sites for hydroxylation is 2. The Kier molecular flexibility index (Phi) is 3.06. The highest BCUT2D eigenvalue weighted by molar-refractivity contribution is 5.51. The molecule has 4 nitrogen and oxygen atoms in total. The maximum absolute atomic E-state index is 5.18. The quantitative estimate of drug-likeness (QED) is 0.765. The molecule has 1 rings (SSSR count). The van der Waals surface area contributed by atoms with E-state index in [0.717, 1.165) is 29.5 Å². The van der Waals surface area contributed by atoms with Crippen LogP contribution in [-0.2, 0) is 6.42 Å². The van der Waals surface area contributed by atoms with Crippen LogP contribution in [0.1, 0.15) is 18.4 Å². The van der Waals surface area contributed by atoms with E-state index in [2.05, 4.69) is 15.3 Å². The molecule has 1 aromatic rings. The van der Waals surface area contributed by atoms with Gasteiger partial charge in [-0.3, -0.25) is 0 Å². The van der Waals surface area contributed by atoms with Crippen LogP contribution in [0, 0.1) is 6.92 Å². The molecule has 1 aromatic heterocycles. The zero-order chi connectivity index (χ0) is 9.84. The maximum atomic E-state index is 5.18. The van der Waals surface area contributed by atoms with Crippen LogP contribution < -0.4 is 10.1 Å². The van der Waals surface area contributed by atoms with Gasteiger partial charge in [0.05, 0.1) is 12.8 Å². The van der Waals surface area contributed by atoms with Crippen molar-refractivity contribution in [1.82, 2.24) is 9.97 Å². The Morgan fingerprint density at radius 2 is 2.08 bits per heavy atom. The highest BCUT2D eigenvalue weighted by atomic mass is 16.5. The largest absolute Gasteiger partial charge is 0.491 e. The Labute approximate surface area is 78.4 Å². The molecule has 13 heavy (non-hydrogen) atoms. The summed E-state index contributed by atoms with van der Waals surface area (Å²) in [7, 11) is 3.45. The Morgan fingerprint density at radius 3 is 2.54 bits per heavy atom. The van der Waals surface area contributed by atoms with E-state index in [1.165, 1.54) is 0 Å². The minimum absolute atomic E-state index is 0.722. The molecule has 0 bridgehead atoms. The molecule has 0 unspecified atom stereocenters. The maximum Gasteiger partial charge on any atom is 0.182 e. The van der Waals surface area contributed by atoms with Crippen molar-refractivity contribution in [3.8, 4) is 5.75 Å². The van der Waals surface area contributed by atoms with Crippen molar-refractivity contribution >= 4 is 5.82 Å². The fraction of sp³-hybridized carbons (Fsp3) is 0.556. The SMILES string of the molecule is CCc1nc(C)c(OC)c(NC)n1. The molecule has 0 aromatic carbocycles. The van der Waals surface area contributed by atoms with Gasteiger partial charge in [0.15, 0.2) is 11.6 Å². The highest BCUT2D eigenvalue weighted by Gasteiger charge is 2.09. The Morgan fingerprint density at radius 1 is 1.38 bits per heavy atom. The second-order valence-corrected chi connectivity index (χ2v) is 2.71. The van der Waals surface area contributed by atoms with Crippen LogP contribution in [0.2, 0.25) is 0 Å². The van der Waals surface area contributed by atoms with E-state index in [-0.39, 0.29) is 0 Å². The fourth-order valence-electron chi connectivity index (χ4n) is 1.19. The molecule has 0 aliphatic rings. The van der Waals surface area contributed by atoms with Crippen LogP contribution >= 0.6 is 0 Å². The van der Waals surface area contributed by atoms with Gasteiger partial charge in [-0.25, -0.2) is 9.97 Å². The zero-order valence-corrected chi connectivity index (χ0v) is 8.51. The molecule has 0 saturated heterocycles. The normalized spacial score (nSPS) is 9.85. The van der Waals surface area contributed by atoms with Crippen molar-refractivity contribution in [3.63, 3.8) is 0 Å². The summed E-state index contributed by atoms with van der Waals surface area (Å²) in [4.78, 5) is 8.59. The molecule has 72 valence electrons. The van der Waals surface area contributed by atoms with Crippen molar-refractivity contribution < 1.29 is 4.74 Å². The number of aromatic nitrogens is 2. The lowest BCUT2D eigenvalue weighted by atomic mass is 10.3. The number of hydrogen-bond donors (Lipinski definition) is 1. The van der Waals surface area contributed by atoms with E-state index in [9.17, 15) is 0 Å². The van der Waals surface area contributed by atoms with Gasteiger partial charge in [-0.15, -0.1) is 0 Å². The van der Waals surface area contributed by atoms with E-state index in [1.807, 2.05) is 20.9 Å². The second-order valence-electron chi connectivity index (χ2n) is 2.71. The third-order valence-corrected chi connectivity index (χ3v) is 1.84. The Hall–Kier alpha value is -1.32. The Bertz CT molecular complexity index is 299. The topological polar surface area (TPSA) is 47.0 Å². The smallest absolute Gasteiger partial charge is 0.182 e. The van der Waals surface area contributed by atoms with Crippen LogP contribution in [0.5, 0.6) is 5.75 Å². The highest BCUT2D eigenvalue weighted by Crippen LogP contribution is 2.24. The van der Waals surface area contributed by atoms with Crippen molar-refractivity contribution in [3.05, 3.63) is 11.5 Å². The number of ether oxygens (including phenoxy) is 1. The minimum Gasteiger partial charge on any atom is -0.491 e. The molecule has 0 radical (unpaired) electrons. The predicted octanol–water partition coefficient (Wildman–Crippen LogP) is 1.40. The fourth-order valence-corrected chi connectivity index (χ4v) is 1.19. The van der Waals surface area contributed by atoms with Gasteiger partial charge >= 0.3 is 0 Å². The monoisotopic (exact) mass is 181 g/mol. The van der Waals surface area contributed by atoms with Crippen molar-refractivity contribution in [2.45, 2.75) is 20.3 Å². The first-order chi connectivity index (χ1) is 6.22. The van der Waals surface area contributed by atoms with Gasteiger partial charge in [-0.2, -0.15) is 0 Å². The van der Waals surface area contributed by atoms with Gasteiger partial charge in [0.25, 0.3) is 0 Å². The van der Waals surface area contributed by atoms with E-state index in [4.69, 9.17) is 4.74 Å². The van der Waals surface area contributed by atoms with Gasteiger partial charge < -0.3 is 10.1 Å². The molecule has 0 fully saturated rings. The van der Waals surface area contributed by atoms with Crippen molar-refractivity contribution in [2.75, 3.05) is 19.5 Å². The number of nitrogens with zero attached hydrogens (tertiary/aromatic N) is 2.